The van der Waals surface area contributed by atoms with Gasteiger partial charge in [0.25, 0.3) is 0 Å². The van der Waals surface area contributed by atoms with Crippen LogP contribution in [0.4, 0.5) is 5.69 Å². The number of aromatic amines is 1. The number of aromatic nitrogens is 3. The van der Waals surface area contributed by atoms with E-state index >= 15 is 0 Å². The van der Waals surface area contributed by atoms with Crippen molar-refractivity contribution in [1.29, 1.82) is 0 Å². The topological polar surface area (TPSA) is 53.6 Å². The summed E-state index contributed by atoms with van der Waals surface area (Å²) in [7, 11) is 0. The van der Waals surface area contributed by atoms with Gasteiger partial charge in [0.1, 0.15) is 5.01 Å². The molecule has 1 aromatic carbocycles. The smallest absolute Gasteiger partial charge is 0.123 e. The number of hydrogen-bond donors (Lipinski definition) is 2. The number of anilines is 1. The number of rotatable bonds is 4. The highest BCUT2D eigenvalue weighted by Crippen LogP contribution is 2.24. The first-order valence-corrected chi connectivity index (χ1v) is 6.94. The number of H-pyrrole nitrogens is 1. The number of nitrogens with one attached hydrogen (secondary N) is 2. The van der Waals surface area contributed by atoms with Crippen LogP contribution in [0.25, 0.3) is 10.6 Å². The van der Waals surface area contributed by atoms with Gasteiger partial charge in [0, 0.05) is 28.5 Å². The van der Waals surface area contributed by atoms with Gasteiger partial charge in [-0.3, -0.25) is 5.10 Å². The standard InChI is InChI=1S/C14H14N4S/c1-10-7-13(18-17-10)9-16-12-4-2-3-11(8-12)14-15-5-6-19-14/h2-8,16H,9H2,1H3,(H,17,18). The van der Waals surface area contributed by atoms with Gasteiger partial charge >= 0.3 is 0 Å². The molecule has 0 amide bonds. The lowest BCUT2D eigenvalue weighted by molar-refractivity contribution is 0.968. The van der Waals surface area contributed by atoms with Crippen LogP contribution < -0.4 is 5.32 Å². The minimum absolute atomic E-state index is 0.714. The van der Waals surface area contributed by atoms with Crippen molar-refractivity contribution < 1.29 is 0 Å². The molecule has 19 heavy (non-hydrogen) atoms. The molecule has 0 unspecified atom stereocenters. The quantitative estimate of drug-likeness (QED) is 0.763. The third-order valence-corrected chi connectivity index (χ3v) is 3.60. The minimum Gasteiger partial charge on any atom is -0.379 e. The molecule has 0 aliphatic rings. The van der Waals surface area contributed by atoms with Crippen molar-refractivity contribution in [2.45, 2.75) is 13.5 Å². The van der Waals surface area contributed by atoms with E-state index in [0.717, 1.165) is 27.6 Å². The molecular weight excluding hydrogens is 256 g/mol. The molecular formula is C14H14N4S. The summed E-state index contributed by atoms with van der Waals surface area (Å²) in [5.41, 5.74) is 4.30. The van der Waals surface area contributed by atoms with Crippen molar-refractivity contribution in [2.24, 2.45) is 0 Å². The first-order valence-electron chi connectivity index (χ1n) is 6.06. The average molecular weight is 270 g/mol. The molecule has 0 fully saturated rings. The Morgan fingerprint density at radius 2 is 2.26 bits per heavy atom. The van der Waals surface area contributed by atoms with Gasteiger partial charge in [-0.15, -0.1) is 11.3 Å². The van der Waals surface area contributed by atoms with Crippen LogP contribution in [0.1, 0.15) is 11.4 Å². The lowest BCUT2D eigenvalue weighted by Gasteiger charge is -2.05. The second-order valence-corrected chi connectivity index (χ2v) is 5.21. The van der Waals surface area contributed by atoms with Gasteiger partial charge in [0.15, 0.2) is 0 Å². The Kier molecular flexibility index (Phi) is 3.29. The molecule has 3 rings (SSSR count). The molecule has 0 aliphatic carbocycles. The van der Waals surface area contributed by atoms with Crippen LogP contribution in [0, 0.1) is 6.92 Å². The fraction of sp³-hybridized carbons (Fsp3) is 0.143. The Bertz CT molecular complexity index is 658. The predicted molar refractivity (Wildman–Crippen MR) is 78.2 cm³/mol. The zero-order chi connectivity index (χ0) is 13.1. The van der Waals surface area contributed by atoms with E-state index < -0.39 is 0 Å². The van der Waals surface area contributed by atoms with Gasteiger partial charge in [-0.05, 0) is 25.1 Å². The highest BCUT2D eigenvalue weighted by atomic mass is 32.1. The second kappa shape index (κ2) is 5.24. The SMILES string of the molecule is Cc1cc(CNc2cccc(-c3nccs3)c2)n[nH]1. The van der Waals surface area contributed by atoms with E-state index in [0.29, 0.717) is 6.54 Å². The van der Waals surface area contributed by atoms with Crippen LogP contribution in [0.5, 0.6) is 0 Å². The van der Waals surface area contributed by atoms with Gasteiger partial charge in [-0.2, -0.15) is 5.10 Å². The summed E-state index contributed by atoms with van der Waals surface area (Å²) in [6.07, 6.45) is 1.83. The van der Waals surface area contributed by atoms with E-state index in [9.17, 15) is 0 Å². The fourth-order valence-electron chi connectivity index (χ4n) is 1.89. The molecule has 0 atom stereocenters. The predicted octanol–water partition coefficient (Wildman–Crippen LogP) is 3.45. The van der Waals surface area contributed by atoms with Crippen LogP contribution in [-0.4, -0.2) is 15.2 Å². The maximum absolute atomic E-state index is 4.32. The maximum Gasteiger partial charge on any atom is 0.123 e. The minimum atomic E-state index is 0.714. The Labute approximate surface area is 115 Å². The lowest BCUT2D eigenvalue weighted by atomic mass is 10.2. The first kappa shape index (κ1) is 11.9. The zero-order valence-corrected chi connectivity index (χ0v) is 11.4. The Hall–Kier alpha value is -2.14. The molecule has 5 heteroatoms. The Morgan fingerprint density at radius 3 is 3.00 bits per heavy atom. The average Bonchev–Trinajstić information content (AvgIpc) is 3.08. The molecule has 2 aromatic heterocycles. The molecule has 0 aliphatic heterocycles. The molecule has 96 valence electrons. The van der Waals surface area contributed by atoms with Crippen molar-refractivity contribution >= 4 is 17.0 Å². The van der Waals surface area contributed by atoms with Crippen LogP contribution in [-0.2, 0) is 6.54 Å². The molecule has 4 nitrogen and oxygen atoms in total. The van der Waals surface area contributed by atoms with E-state index in [-0.39, 0.29) is 0 Å². The van der Waals surface area contributed by atoms with Gasteiger partial charge in [0.2, 0.25) is 0 Å². The van der Waals surface area contributed by atoms with E-state index in [2.05, 4.69) is 38.7 Å². The van der Waals surface area contributed by atoms with Crippen molar-refractivity contribution in [3.05, 3.63) is 53.3 Å². The van der Waals surface area contributed by atoms with E-state index in [1.807, 2.05) is 30.6 Å². The summed E-state index contributed by atoms with van der Waals surface area (Å²) < 4.78 is 0. The fourth-order valence-corrected chi connectivity index (χ4v) is 2.52. The normalized spacial score (nSPS) is 10.6. The summed E-state index contributed by atoms with van der Waals surface area (Å²) in [5, 5.41) is 13.5. The third-order valence-electron chi connectivity index (χ3n) is 2.77. The monoisotopic (exact) mass is 270 g/mol. The molecule has 0 saturated heterocycles. The highest BCUT2D eigenvalue weighted by Gasteiger charge is 2.02. The molecule has 2 heterocycles. The van der Waals surface area contributed by atoms with Crippen LogP contribution in [0.2, 0.25) is 0 Å². The van der Waals surface area contributed by atoms with Crippen LogP contribution in [0.15, 0.2) is 41.9 Å². The van der Waals surface area contributed by atoms with Crippen LogP contribution in [0.3, 0.4) is 0 Å². The summed E-state index contributed by atoms with van der Waals surface area (Å²) in [6, 6.07) is 10.3. The van der Waals surface area contributed by atoms with Crippen LogP contribution >= 0.6 is 11.3 Å². The first-order chi connectivity index (χ1) is 9.31. The molecule has 3 aromatic rings. The van der Waals surface area contributed by atoms with Gasteiger partial charge in [-0.1, -0.05) is 12.1 Å². The van der Waals surface area contributed by atoms with E-state index in [1.165, 1.54) is 0 Å². The van der Waals surface area contributed by atoms with Gasteiger partial charge in [0.05, 0.1) is 12.2 Å². The van der Waals surface area contributed by atoms with E-state index in [1.54, 1.807) is 11.3 Å². The van der Waals surface area contributed by atoms with Crippen molar-refractivity contribution in [2.75, 3.05) is 5.32 Å². The van der Waals surface area contributed by atoms with Crippen molar-refractivity contribution in [1.82, 2.24) is 15.2 Å². The number of nitrogens with zero attached hydrogens (tertiary/aromatic N) is 2. The number of benzene rings is 1. The summed E-state index contributed by atoms with van der Waals surface area (Å²) in [5.74, 6) is 0. The maximum atomic E-state index is 4.32. The summed E-state index contributed by atoms with van der Waals surface area (Å²) in [6.45, 7) is 2.71. The summed E-state index contributed by atoms with van der Waals surface area (Å²) in [4.78, 5) is 4.32. The molecule has 0 spiro atoms. The van der Waals surface area contributed by atoms with E-state index in [4.69, 9.17) is 0 Å². The zero-order valence-electron chi connectivity index (χ0n) is 10.6. The van der Waals surface area contributed by atoms with Crippen molar-refractivity contribution in [3.63, 3.8) is 0 Å². The summed E-state index contributed by atoms with van der Waals surface area (Å²) >= 11 is 1.65. The molecule has 2 N–H and O–H groups in total. The third kappa shape index (κ3) is 2.82. The Balaban J connectivity index is 1.73. The van der Waals surface area contributed by atoms with Gasteiger partial charge in [-0.25, -0.2) is 4.98 Å². The number of hydrogen-bond acceptors (Lipinski definition) is 4. The lowest BCUT2D eigenvalue weighted by Crippen LogP contribution is -1.99. The highest BCUT2D eigenvalue weighted by molar-refractivity contribution is 7.13. The van der Waals surface area contributed by atoms with Gasteiger partial charge < -0.3 is 5.32 Å². The number of thiazole rings is 1. The molecule has 0 radical (unpaired) electrons. The largest absolute Gasteiger partial charge is 0.379 e. The molecule has 0 saturated carbocycles. The Morgan fingerprint density at radius 1 is 1.32 bits per heavy atom. The van der Waals surface area contributed by atoms with Crippen molar-refractivity contribution in [3.8, 4) is 10.6 Å². The molecule has 0 bridgehead atoms. The second-order valence-electron chi connectivity index (χ2n) is 4.31. The number of aryl methyl sites for hydroxylation is 1.